The van der Waals surface area contributed by atoms with Crippen molar-refractivity contribution >= 4 is 17.3 Å². The lowest BCUT2D eigenvalue weighted by atomic mass is 9.93. The van der Waals surface area contributed by atoms with Crippen molar-refractivity contribution in [3.63, 3.8) is 0 Å². The normalized spacial score (nSPS) is 26.9. The van der Waals surface area contributed by atoms with Gasteiger partial charge in [0.1, 0.15) is 6.07 Å². The van der Waals surface area contributed by atoms with Crippen molar-refractivity contribution in [2.75, 3.05) is 5.32 Å². The number of nitrogens with zero attached hydrogens (tertiary/aromatic N) is 1. The van der Waals surface area contributed by atoms with Gasteiger partial charge in [-0.3, -0.25) is 0 Å². The van der Waals surface area contributed by atoms with Gasteiger partial charge >= 0.3 is 0 Å². The van der Waals surface area contributed by atoms with E-state index in [4.69, 9.17) is 16.9 Å². The molecule has 96 valence electrons. The molecule has 0 spiro atoms. The topological polar surface area (TPSA) is 35.8 Å². The zero-order valence-electron chi connectivity index (χ0n) is 10.9. The van der Waals surface area contributed by atoms with E-state index >= 15 is 0 Å². The Morgan fingerprint density at radius 2 is 2.22 bits per heavy atom. The number of rotatable bonds is 3. The molecule has 1 saturated carbocycles. The molecule has 1 aliphatic carbocycles. The fraction of sp³-hybridized carbons (Fsp3) is 0.533. The van der Waals surface area contributed by atoms with Gasteiger partial charge in [-0.15, -0.1) is 0 Å². The molecule has 0 radical (unpaired) electrons. The molecule has 2 rings (SSSR count). The minimum absolute atomic E-state index is 0.527. The van der Waals surface area contributed by atoms with Crippen LogP contribution < -0.4 is 5.32 Å². The molecule has 3 unspecified atom stereocenters. The first kappa shape index (κ1) is 13.2. The van der Waals surface area contributed by atoms with E-state index in [0.29, 0.717) is 22.5 Å². The van der Waals surface area contributed by atoms with Crippen LogP contribution in [0.1, 0.15) is 38.7 Å². The Balaban J connectivity index is 2.07. The smallest absolute Gasteiger partial charge is 0.101 e. The Kier molecular flexibility index (Phi) is 4.14. The molecule has 0 saturated heterocycles. The molecule has 1 aromatic carbocycles. The number of nitriles is 1. The Morgan fingerprint density at radius 1 is 1.44 bits per heavy atom. The molecule has 2 nitrogen and oxygen atoms in total. The number of benzene rings is 1. The van der Waals surface area contributed by atoms with Gasteiger partial charge in [-0.05, 0) is 42.9 Å². The van der Waals surface area contributed by atoms with Gasteiger partial charge in [0.05, 0.1) is 10.6 Å². The maximum atomic E-state index is 8.85. The number of anilines is 1. The summed E-state index contributed by atoms with van der Waals surface area (Å²) in [7, 11) is 0. The highest BCUT2D eigenvalue weighted by molar-refractivity contribution is 6.32. The largest absolute Gasteiger partial charge is 0.382 e. The van der Waals surface area contributed by atoms with E-state index in [1.165, 1.54) is 19.3 Å². The van der Waals surface area contributed by atoms with E-state index < -0.39 is 0 Å². The molecule has 1 fully saturated rings. The van der Waals surface area contributed by atoms with E-state index in [2.05, 4.69) is 25.2 Å². The quantitative estimate of drug-likeness (QED) is 0.874. The molecular formula is C15H19ClN2. The Bertz CT molecular complexity index is 464. The summed E-state index contributed by atoms with van der Waals surface area (Å²) in [6.07, 6.45) is 3.78. The minimum Gasteiger partial charge on any atom is -0.382 e. The lowest BCUT2D eigenvalue weighted by molar-refractivity contribution is 0.392. The molecular weight excluding hydrogens is 244 g/mol. The molecule has 3 atom stereocenters. The van der Waals surface area contributed by atoms with Crippen molar-refractivity contribution < 1.29 is 0 Å². The molecule has 0 bridgehead atoms. The second-order valence-corrected chi connectivity index (χ2v) is 5.57. The zero-order chi connectivity index (χ0) is 13.1. The van der Waals surface area contributed by atoms with Gasteiger partial charge < -0.3 is 5.32 Å². The molecule has 18 heavy (non-hydrogen) atoms. The van der Waals surface area contributed by atoms with Crippen LogP contribution in [0.3, 0.4) is 0 Å². The van der Waals surface area contributed by atoms with E-state index in [-0.39, 0.29) is 0 Å². The van der Waals surface area contributed by atoms with Gasteiger partial charge in [-0.25, -0.2) is 0 Å². The predicted octanol–water partition coefficient (Wildman–Crippen LogP) is 4.45. The monoisotopic (exact) mass is 262 g/mol. The van der Waals surface area contributed by atoms with Crippen LogP contribution in [0.15, 0.2) is 18.2 Å². The highest BCUT2D eigenvalue weighted by atomic mass is 35.5. The van der Waals surface area contributed by atoms with Gasteiger partial charge in [0.2, 0.25) is 0 Å². The molecule has 0 heterocycles. The summed E-state index contributed by atoms with van der Waals surface area (Å²) in [4.78, 5) is 0. The second-order valence-electron chi connectivity index (χ2n) is 5.16. The third-order valence-corrected chi connectivity index (χ3v) is 4.51. The molecule has 1 aliphatic rings. The summed E-state index contributed by atoms with van der Waals surface area (Å²) < 4.78 is 0. The van der Waals surface area contributed by atoms with Crippen molar-refractivity contribution in [3.8, 4) is 6.07 Å². The Labute approximate surface area is 114 Å². The molecule has 1 N–H and O–H groups in total. The number of hydrogen-bond acceptors (Lipinski definition) is 2. The van der Waals surface area contributed by atoms with Crippen LogP contribution in [0.25, 0.3) is 0 Å². The van der Waals surface area contributed by atoms with Crippen molar-refractivity contribution in [3.05, 3.63) is 28.8 Å². The first-order valence-electron chi connectivity index (χ1n) is 6.62. The van der Waals surface area contributed by atoms with Crippen molar-refractivity contribution in [1.82, 2.24) is 0 Å². The van der Waals surface area contributed by atoms with Gasteiger partial charge in [0, 0.05) is 11.7 Å². The summed E-state index contributed by atoms with van der Waals surface area (Å²) in [5, 5.41) is 12.9. The zero-order valence-corrected chi connectivity index (χ0v) is 11.7. The standard InChI is InChI=1S/C15H19ClN2/c1-3-11-5-7-15(10(11)2)18-13-6-4-12(9-17)14(16)8-13/h4,6,8,10-11,15,18H,3,5,7H2,1-2H3. The fourth-order valence-corrected chi connectivity index (χ4v) is 3.16. The van der Waals surface area contributed by atoms with Crippen LogP contribution in [-0.2, 0) is 0 Å². The molecule has 0 aromatic heterocycles. The lowest BCUT2D eigenvalue weighted by Crippen LogP contribution is -2.24. The van der Waals surface area contributed by atoms with Gasteiger partial charge in [0.25, 0.3) is 0 Å². The molecule has 3 heteroatoms. The lowest BCUT2D eigenvalue weighted by Gasteiger charge is -2.22. The van der Waals surface area contributed by atoms with Crippen LogP contribution in [0, 0.1) is 23.2 Å². The summed E-state index contributed by atoms with van der Waals surface area (Å²) in [5.41, 5.74) is 1.56. The van der Waals surface area contributed by atoms with Gasteiger partial charge in [0.15, 0.2) is 0 Å². The molecule has 0 amide bonds. The van der Waals surface area contributed by atoms with Crippen molar-refractivity contribution in [2.45, 2.75) is 39.2 Å². The predicted molar refractivity (Wildman–Crippen MR) is 75.8 cm³/mol. The van der Waals surface area contributed by atoms with Crippen molar-refractivity contribution in [1.29, 1.82) is 5.26 Å². The van der Waals surface area contributed by atoms with Crippen molar-refractivity contribution in [2.24, 2.45) is 11.8 Å². The first-order valence-corrected chi connectivity index (χ1v) is 6.99. The summed E-state index contributed by atoms with van der Waals surface area (Å²) in [6, 6.07) is 8.18. The van der Waals surface area contributed by atoms with Crippen LogP contribution in [0.2, 0.25) is 5.02 Å². The fourth-order valence-electron chi connectivity index (χ4n) is 2.94. The van der Waals surface area contributed by atoms with E-state index in [1.807, 2.05) is 12.1 Å². The highest BCUT2D eigenvalue weighted by Gasteiger charge is 2.31. The summed E-state index contributed by atoms with van der Waals surface area (Å²) in [5.74, 6) is 1.53. The van der Waals surface area contributed by atoms with E-state index in [9.17, 15) is 0 Å². The maximum absolute atomic E-state index is 8.85. The SMILES string of the molecule is CCC1CCC(Nc2ccc(C#N)c(Cl)c2)C1C. The third kappa shape index (κ3) is 2.62. The Hall–Kier alpha value is -1.20. The third-order valence-electron chi connectivity index (χ3n) is 4.19. The van der Waals surface area contributed by atoms with Gasteiger partial charge in [-0.2, -0.15) is 5.26 Å². The minimum atomic E-state index is 0.527. The summed E-state index contributed by atoms with van der Waals surface area (Å²) >= 11 is 6.04. The Morgan fingerprint density at radius 3 is 2.78 bits per heavy atom. The second kappa shape index (κ2) is 5.63. The number of nitrogens with one attached hydrogen (secondary N) is 1. The molecule has 1 aromatic rings. The van der Waals surface area contributed by atoms with Crippen LogP contribution in [0.5, 0.6) is 0 Å². The van der Waals surface area contributed by atoms with Crippen LogP contribution in [0.4, 0.5) is 5.69 Å². The average molecular weight is 263 g/mol. The average Bonchev–Trinajstić information content (AvgIpc) is 2.71. The van der Waals surface area contributed by atoms with Gasteiger partial charge in [-0.1, -0.05) is 31.9 Å². The van der Waals surface area contributed by atoms with Crippen LogP contribution in [-0.4, -0.2) is 6.04 Å². The highest BCUT2D eigenvalue weighted by Crippen LogP contribution is 2.36. The molecule has 0 aliphatic heterocycles. The number of hydrogen-bond donors (Lipinski definition) is 1. The summed E-state index contributed by atoms with van der Waals surface area (Å²) in [6.45, 7) is 4.59. The first-order chi connectivity index (χ1) is 8.65. The van der Waals surface area contributed by atoms with E-state index in [1.54, 1.807) is 6.07 Å². The maximum Gasteiger partial charge on any atom is 0.101 e. The van der Waals surface area contributed by atoms with Crippen LogP contribution >= 0.6 is 11.6 Å². The van der Waals surface area contributed by atoms with E-state index in [0.717, 1.165) is 11.6 Å². The number of halogens is 1.